The predicted octanol–water partition coefficient (Wildman–Crippen LogP) is 5.22. The van der Waals surface area contributed by atoms with Crippen molar-refractivity contribution in [3.8, 4) is 5.75 Å². The number of ether oxygens (including phenoxy) is 1. The van der Waals surface area contributed by atoms with Gasteiger partial charge in [0.15, 0.2) is 5.13 Å². The normalized spacial score (nSPS) is 16.7. The largest absolute Gasteiger partial charge is 0.488 e. The Kier molecular flexibility index (Phi) is 7.17. The number of carbonyl (C=O) groups is 1. The molecule has 0 radical (unpaired) electrons. The lowest BCUT2D eigenvalue weighted by atomic mass is 10.0. The van der Waals surface area contributed by atoms with Crippen LogP contribution in [-0.4, -0.2) is 33.9 Å². The number of carbonyl (C=O) groups excluding carboxylic acids is 1. The lowest BCUT2D eigenvalue weighted by Gasteiger charge is -2.30. The number of hydrogen-bond donors (Lipinski definition) is 1. The summed E-state index contributed by atoms with van der Waals surface area (Å²) in [6.07, 6.45) is 6.09. The smallest absolute Gasteiger partial charge is 0.257 e. The number of rotatable bonds is 7. The number of anilines is 1. The van der Waals surface area contributed by atoms with Gasteiger partial charge in [0, 0.05) is 42.0 Å². The van der Waals surface area contributed by atoms with Crippen LogP contribution in [-0.2, 0) is 13.2 Å². The Balaban J connectivity index is 1.37. The van der Waals surface area contributed by atoms with Crippen LogP contribution in [0.15, 0.2) is 42.0 Å². The van der Waals surface area contributed by atoms with Crippen LogP contribution in [0.2, 0.25) is 0 Å². The highest BCUT2D eigenvalue weighted by Crippen LogP contribution is 2.27. The van der Waals surface area contributed by atoms with E-state index in [1.54, 1.807) is 12.4 Å². The molecule has 0 bridgehead atoms. The number of aryl methyl sites for hydroxylation is 2. The molecule has 3 heterocycles. The average Bonchev–Trinajstić information content (AvgIpc) is 3.20. The van der Waals surface area contributed by atoms with E-state index >= 15 is 0 Å². The van der Waals surface area contributed by atoms with Gasteiger partial charge >= 0.3 is 0 Å². The first kappa shape index (κ1) is 22.4. The molecular formula is C25H30N4O2S. The van der Waals surface area contributed by atoms with Crippen molar-refractivity contribution in [2.24, 2.45) is 5.92 Å². The zero-order chi connectivity index (χ0) is 22.5. The summed E-state index contributed by atoms with van der Waals surface area (Å²) in [6, 6.07) is 7.60. The molecule has 2 aromatic heterocycles. The van der Waals surface area contributed by atoms with Crippen molar-refractivity contribution in [1.82, 2.24) is 14.9 Å². The molecule has 6 nitrogen and oxygen atoms in total. The van der Waals surface area contributed by atoms with Crippen LogP contribution in [0.25, 0.3) is 0 Å². The Morgan fingerprint density at radius 1 is 1.31 bits per heavy atom. The van der Waals surface area contributed by atoms with Gasteiger partial charge in [-0.25, -0.2) is 4.98 Å². The summed E-state index contributed by atoms with van der Waals surface area (Å²) in [5, 5.41) is 5.64. The highest BCUT2D eigenvalue weighted by molar-refractivity contribution is 7.14. The number of piperidine rings is 1. The van der Waals surface area contributed by atoms with Crippen molar-refractivity contribution in [3.63, 3.8) is 0 Å². The second kappa shape index (κ2) is 10.2. The van der Waals surface area contributed by atoms with Crippen LogP contribution in [0.4, 0.5) is 5.13 Å². The fraction of sp³-hybridized carbons (Fsp3) is 0.400. The maximum absolute atomic E-state index is 12.8. The van der Waals surface area contributed by atoms with Gasteiger partial charge < -0.3 is 4.74 Å². The Morgan fingerprint density at radius 2 is 2.12 bits per heavy atom. The molecule has 1 aromatic carbocycles. The van der Waals surface area contributed by atoms with Crippen molar-refractivity contribution in [3.05, 3.63) is 70.0 Å². The average molecular weight is 451 g/mol. The van der Waals surface area contributed by atoms with Gasteiger partial charge in [0.1, 0.15) is 12.4 Å². The number of amides is 1. The summed E-state index contributed by atoms with van der Waals surface area (Å²) in [6.45, 7) is 9.76. The van der Waals surface area contributed by atoms with E-state index < -0.39 is 0 Å². The van der Waals surface area contributed by atoms with Gasteiger partial charge in [-0.15, -0.1) is 11.3 Å². The number of aromatic nitrogens is 2. The number of pyridine rings is 1. The topological polar surface area (TPSA) is 67.4 Å². The molecule has 1 saturated heterocycles. The summed E-state index contributed by atoms with van der Waals surface area (Å²) in [7, 11) is 0. The lowest BCUT2D eigenvalue weighted by Crippen LogP contribution is -2.33. The van der Waals surface area contributed by atoms with Crippen molar-refractivity contribution < 1.29 is 9.53 Å². The first-order valence-electron chi connectivity index (χ1n) is 11.1. The number of benzene rings is 1. The summed E-state index contributed by atoms with van der Waals surface area (Å²) in [4.78, 5) is 24.0. The molecule has 1 atom stereocenters. The highest BCUT2D eigenvalue weighted by atomic mass is 32.1. The van der Waals surface area contributed by atoms with E-state index in [9.17, 15) is 4.79 Å². The number of nitrogens with zero attached hydrogens (tertiary/aromatic N) is 3. The van der Waals surface area contributed by atoms with Gasteiger partial charge in [-0.3, -0.25) is 20.0 Å². The molecular weight excluding hydrogens is 420 g/mol. The third kappa shape index (κ3) is 5.72. The van der Waals surface area contributed by atoms with E-state index in [0.29, 0.717) is 17.3 Å². The SMILES string of the molecule is Cc1cc(C(=O)Nc2nc(CN3CCCC(C)C3)cs2)cc(C)c1OCc1cccnc1. The van der Waals surface area contributed by atoms with Crippen molar-refractivity contribution in [2.45, 2.75) is 46.8 Å². The molecule has 1 aliphatic heterocycles. The predicted molar refractivity (Wildman–Crippen MR) is 128 cm³/mol. The van der Waals surface area contributed by atoms with E-state index in [-0.39, 0.29) is 5.91 Å². The van der Waals surface area contributed by atoms with E-state index in [2.05, 4.69) is 27.1 Å². The molecule has 1 unspecified atom stereocenters. The molecule has 1 N–H and O–H groups in total. The van der Waals surface area contributed by atoms with Crippen LogP contribution in [0.5, 0.6) is 5.75 Å². The van der Waals surface area contributed by atoms with Gasteiger partial charge in [0.25, 0.3) is 5.91 Å². The Labute approximate surface area is 193 Å². The minimum absolute atomic E-state index is 0.150. The molecule has 1 aliphatic rings. The molecule has 168 valence electrons. The molecule has 1 fully saturated rings. The first-order valence-corrected chi connectivity index (χ1v) is 12.0. The molecule has 3 aromatic rings. The number of nitrogens with one attached hydrogen (secondary N) is 1. The summed E-state index contributed by atoms with van der Waals surface area (Å²) in [5.41, 5.74) is 4.49. The minimum Gasteiger partial charge on any atom is -0.488 e. The summed E-state index contributed by atoms with van der Waals surface area (Å²) in [5.74, 6) is 1.39. The van der Waals surface area contributed by atoms with Gasteiger partial charge in [-0.1, -0.05) is 13.0 Å². The minimum atomic E-state index is -0.150. The third-order valence-corrected chi connectivity index (χ3v) is 6.53. The maximum atomic E-state index is 12.8. The maximum Gasteiger partial charge on any atom is 0.257 e. The molecule has 0 aliphatic carbocycles. The van der Waals surface area contributed by atoms with Crippen molar-refractivity contribution in [2.75, 3.05) is 18.4 Å². The molecule has 0 saturated carbocycles. The van der Waals surface area contributed by atoms with E-state index in [4.69, 9.17) is 4.74 Å². The quantitative estimate of drug-likeness (QED) is 0.535. The third-order valence-electron chi connectivity index (χ3n) is 5.73. The van der Waals surface area contributed by atoms with Crippen LogP contribution in [0, 0.1) is 19.8 Å². The number of likely N-dealkylation sites (tertiary alicyclic amines) is 1. The molecule has 32 heavy (non-hydrogen) atoms. The number of thiazole rings is 1. The van der Waals surface area contributed by atoms with Crippen molar-refractivity contribution in [1.29, 1.82) is 0 Å². The molecule has 7 heteroatoms. The molecule has 4 rings (SSSR count). The summed E-state index contributed by atoms with van der Waals surface area (Å²) >= 11 is 1.48. The van der Waals surface area contributed by atoms with Gasteiger partial charge in [0.05, 0.1) is 5.69 Å². The van der Waals surface area contributed by atoms with Crippen LogP contribution in [0.3, 0.4) is 0 Å². The zero-order valence-electron chi connectivity index (χ0n) is 18.9. The monoisotopic (exact) mass is 450 g/mol. The molecule has 1 amide bonds. The first-order chi connectivity index (χ1) is 15.5. The van der Waals surface area contributed by atoms with Gasteiger partial charge in [-0.05, 0) is 68.5 Å². The van der Waals surface area contributed by atoms with E-state index in [1.165, 1.54) is 24.2 Å². The zero-order valence-corrected chi connectivity index (χ0v) is 19.7. The van der Waals surface area contributed by atoms with Crippen molar-refractivity contribution >= 4 is 22.4 Å². The lowest BCUT2D eigenvalue weighted by molar-refractivity contribution is 0.102. The second-order valence-corrected chi connectivity index (χ2v) is 9.53. The Hall–Kier alpha value is -2.77. The standard InChI is InChI=1S/C25H30N4O2S/c1-17-6-5-9-29(13-17)14-22-16-32-25(27-22)28-24(30)21-10-18(2)23(19(3)11-21)31-15-20-7-4-8-26-12-20/h4,7-8,10-12,16-17H,5-6,9,13-15H2,1-3H3,(H,27,28,30). The van der Waals surface area contributed by atoms with E-state index in [0.717, 1.165) is 53.7 Å². The fourth-order valence-corrected chi connectivity index (χ4v) is 4.91. The van der Waals surface area contributed by atoms with E-state index in [1.807, 2.05) is 43.5 Å². The van der Waals surface area contributed by atoms with Crippen LogP contribution >= 0.6 is 11.3 Å². The number of hydrogen-bond acceptors (Lipinski definition) is 6. The molecule has 0 spiro atoms. The second-order valence-electron chi connectivity index (χ2n) is 8.67. The Morgan fingerprint density at radius 3 is 2.84 bits per heavy atom. The van der Waals surface area contributed by atoms with Crippen LogP contribution < -0.4 is 10.1 Å². The highest BCUT2D eigenvalue weighted by Gasteiger charge is 2.18. The van der Waals surface area contributed by atoms with Gasteiger partial charge in [0.2, 0.25) is 0 Å². The van der Waals surface area contributed by atoms with Gasteiger partial charge in [-0.2, -0.15) is 0 Å². The fourth-order valence-electron chi connectivity index (χ4n) is 4.21. The summed E-state index contributed by atoms with van der Waals surface area (Å²) < 4.78 is 6.00. The van der Waals surface area contributed by atoms with Crippen LogP contribution in [0.1, 0.15) is 52.5 Å². The Bertz CT molecular complexity index is 1040.